The number of hydrogen-bond donors (Lipinski definition) is 1. The monoisotopic (exact) mass is 254 g/mol. The van der Waals surface area contributed by atoms with Crippen LogP contribution in [0.15, 0.2) is 0 Å². The Balaban J connectivity index is 1.56. The molecule has 2 fully saturated rings. The fourth-order valence-electron chi connectivity index (χ4n) is 3.19. The minimum absolute atomic E-state index is 0.470. The van der Waals surface area contributed by atoms with Gasteiger partial charge in [-0.1, -0.05) is 12.8 Å². The van der Waals surface area contributed by atoms with E-state index in [2.05, 4.69) is 24.2 Å². The summed E-state index contributed by atoms with van der Waals surface area (Å²) in [7, 11) is 2.27. The van der Waals surface area contributed by atoms with Crippen molar-refractivity contribution in [1.29, 1.82) is 0 Å². The topological polar surface area (TPSA) is 24.5 Å². The molecule has 0 aromatic rings. The minimum Gasteiger partial charge on any atom is -0.377 e. The smallest absolute Gasteiger partial charge is 0.0700 e. The van der Waals surface area contributed by atoms with Crippen molar-refractivity contribution in [3.63, 3.8) is 0 Å². The maximum Gasteiger partial charge on any atom is 0.0700 e. The molecular formula is C15H30N2O. The Hall–Kier alpha value is -0.120. The highest BCUT2D eigenvalue weighted by atomic mass is 16.5. The van der Waals surface area contributed by atoms with Crippen LogP contribution in [0.3, 0.4) is 0 Å². The lowest BCUT2D eigenvalue weighted by atomic mass is 10.1. The first kappa shape index (κ1) is 14.3. The van der Waals surface area contributed by atoms with Crippen molar-refractivity contribution in [2.75, 3.05) is 33.3 Å². The molecule has 3 nitrogen and oxygen atoms in total. The quantitative estimate of drug-likeness (QED) is 0.754. The van der Waals surface area contributed by atoms with Crippen molar-refractivity contribution >= 4 is 0 Å². The van der Waals surface area contributed by atoms with Gasteiger partial charge in [0.05, 0.1) is 6.10 Å². The van der Waals surface area contributed by atoms with E-state index < -0.39 is 0 Å². The van der Waals surface area contributed by atoms with E-state index in [4.69, 9.17) is 4.74 Å². The molecule has 0 aromatic carbocycles. The Bertz CT molecular complexity index is 223. The zero-order chi connectivity index (χ0) is 12.8. The van der Waals surface area contributed by atoms with Gasteiger partial charge < -0.3 is 15.0 Å². The minimum atomic E-state index is 0.470. The van der Waals surface area contributed by atoms with Crippen molar-refractivity contribution in [2.45, 2.75) is 57.6 Å². The summed E-state index contributed by atoms with van der Waals surface area (Å²) in [6, 6.07) is 0.631. The summed E-state index contributed by atoms with van der Waals surface area (Å²) in [6.07, 6.45) is 8.73. The third-order valence-electron chi connectivity index (χ3n) is 4.61. The highest BCUT2D eigenvalue weighted by Gasteiger charge is 2.20. The van der Waals surface area contributed by atoms with Gasteiger partial charge in [0.1, 0.15) is 0 Å². The van der Waals surface area contributed by atoms with Crippen molar-refractivity contribution in [3.05, 3.63) is 0 Å². The second-order valence-electron chi connectivity index (χ2n) is 6.23. The largest absolute Gasteiger partial charge is 0.377 e. The third kappa shape index (κ3) is 4.52. The van der Waals surface area contributed by atoms with Gasteiger partial charge in [-0.2, -0.15) is 0 Å². The highest BCUT2D eigenvalue weighted by Crippen LogP contribution is 2.25. The van der Waals surface area contributed by atoms with Gasteiger partial charge in [-0.3, -0.25) is 0 Å². The highest BCUT2D eigenvalue weighted by molar-refractivity contribution is 4.75. The molecule has 1 N–H and O–H groups in total. The average molecular weight is 254 g/mol. The number of rotatable bonds is 7. The number of nitrogens with one attached hydrogen (secondary N) is 1. The van der Waals surface area contributed by atoms with Crippen LogP contribution >= 0.6 is 0 Å². The SMILES string of the molecule is CC(CNCC1CCCO1)N(C)CC1CCCC1. The lowest BCUT2D eigenvalue weighted by molar-refractivity contribution is 0.107. The number of likely N-dealkylation sites (N-methyl/N-ethyl adjacent to an activating group) is 1. The molecule has 3 heteroatoms. The van der Waals surface area contributed by atoms with Gasteiger partial charge in [0.25, 0.3) is 0 Å². The standard InChI is InChI=1S/C15H30N2O/c1-13(10-16-11-15-8-5-9-18-15)17(2)12-14-6-3-4-7-14/h13-16H,3-12H2,1-2H3. The Kier molecular flexibility index (Phi) is 5.93. The summed E-state index contributed by atoms with van der Waals surface area (Å²) in [5.74, 6) is 0.954. The van der Waals surface area contributed by atoms with Crippen LogP contribution in [0.5, 0.6) is 0 Å². The molecule has 0 radical (unpaired) electrons. The molecule has 18 heavy (non-hydrogen) atoms. The van der Waals surface area contributed by atoms with Crippen molar-refractivity contribution in [3.8, 4) is 0 Å². The molecule has 2 rings (SSSR count). The molecule has 2 unspecified atom stereocenters. The average Bonchev–Trinajstić information content (AvgIpc) is 3.01. The predicted molar refractivity (Wildman–Crippen MR) is 75.9 cm³/mol. The van der Waals surface area contributed by atoms with Crippen molar-refractivity contribution in [2.24, 2.45) is 5.92 Å². The van der Waals surface area contributed by atoms with Crippen LogP contribution in [0, 0.1) is 5.92 Å². The number of hydrogen-bond acceptors (Lipinski definition) is 3. The summed E-state index contributed by atoms with van der Waals surface area (Å²) in [5, 5.41) is 3.57. The van der Waals surface area contributed by atoms with Crippen LogP contribution in [0.4, 0.5) is 0 Å². The first-order chi connectivity index (χ1) is 8.75. The fraction of sp³-hybridized carbons (Fsp3) is 1.00. The van der Waals surface area contributed by atoms with Gasteiger partial charge in [0.15, 0.2) is 0 Å². The number of nitrogens with zero attached hydrogens (tertiary/aromatic N) is 1. The van der Waals surface area contributed by atoms with E-state index in [-0.39, 0.29) is 0 Å². The summed E-state index contributed by atoms with van der Waals surface area (Å²) in [5.41, 5.74) is 0. The van der Waals surface area contributed by atoms with E-state index >= 15 is 0 Å². The van der Waals surface area contributed by atoms with E-state index in [1.165, 1.54) is 45.1 Å². The Labute approximate surface area is 112 Å². The van der Waals surface area contributed by atoms with Crippen LogP contribution in [-0.4, -0.2) is 50.3 Å². The van der Waals surface area contributed by atoms with Gasteiger partial charge in [0.2, 0.25) is 0 Å². The maximum absolute atomic E-state index is 5.63. The second kappa shape index (κ2) is 7.46. The molecule has 1 saturated carbocycles. The molecule has 0 bridgehead atoms. The molecule has 2 atom stereocenters. The molecule has 0 amide bonds. The summed E-state index contributed by atoms with van der Waals surface area (Å²) < 4.78 is 5.63. The van der Waals surface area contributed by atoms with E-state index in [0.717, 1.165) is 25.6 Å². The van der Waals surface area contributed by atoms with Gasteiger partial charge in [-0.15, -0.1) is 0 Å². The van der Waals surface area contributed by atoms with Crippen LogP contribution in [0.1, 0.15) is 45.4 Å². The van der Waals surface area contributed by atoms with E-state index in [1.807, 2.05) is 0 Å². The molecule has 0 spiro atoms. The number of ether oxygens (including phenoxy) is 1. The molecule has 2 aliphatic rings. The predicted octanol–water partition coefficient (Wildman–Crippen LogP) is 2.27. The van der Waals surface area contributed by atoms with Crippen molar-refractivity contribution in [1.82, 2.24) is 10.2 Å². The second-order valence-corrected chi connectivity index (χ2v) is 6.23. The van der Waals surface area contributed by atoms with Crippen LogP contribution < -0.4 is 5.32 Å². The molecule has 1 saturated heterocycles. The van der Waals surface area contributed by atoms with Gasteiger partial charge in [-0.25, -0.2) is 0 Å². The molecule has 0 aromatic heterocycles. The summed E-state index contributed by atoms with van der Waals surface area (Å²) in [4.78, 5) is 2.53. The normalized spacial score (nSPS) is 27.2. The molecule has 1 heterocycles. The molecular weight excluding hydrogens is 224 g/mol. The van der Waals surface area contributed by atoms with E-state index in [9.17, 15) is 0 Å². The maximum atomic E-state index is 5.63. The summed E-state index contributed by atoms with van der Waals surface area (Å²) >= 11 is 0. The molecule has 106 valence electrons. The Morgan fingerprint density at radius 2 is 2.00 bits per heavy atom. The molecule has 1 aliphatic carbocycles. The van der Waals surface area contributed by atoms with E-state index in [0.29, 0.717) is 12.1 Å². The first-order valence-corrected chi connectivity index (χ1v) is 7.78. The van der Waals surface area contributed by atoms with Gasteiger partial charge >= 0.3 is 0 Å². The van der Waals surface area contributed by atoms with Crippen molar-refractivity contribution < 1.29 is 4.74 Å². The third-order valence-corrected chi connectivity index (χ3v) is 4.61. The van der Waals surface area contributed by atoms with Gasteiger partial charge in [-0.05, 0) is 45.6 Å². The fourth-order valence-corrected chi connectivity index (χ4v) is 3.19. The summed E-state index contributed by atoms with van der Waals surface area (Å²) in [6.45, 7) is 6.69. The first-order valence-electron chi connectivity index (χ1n) is 7.78. The Morgan fingerprint density at radius 1 is 1.22 bits per heavy atom. The van der Waals surface area contributed by atoms with E-state index in [1.54, 1.807) is 0 Å². The van der Waals surface area contributed by atoms with Crippen LogP contribution in [-0.2, 0) is 4.74 Å². The Morgan fingerprint density at radius 3 is 2.67 bits per heavy atom. The van der Waals surface area contributed by atoms with Gasteiger partial charge in [0, 0.05) is 32.3 Å². The lowest BCUT2D eigenvalue weighted by Crippen LogP contribution is -2.41. The lowest BCUT2D eigenvalue weighted by Gasteiger charge is -2.28. The molecule has 1 aliphatic heterocycles. The zero-order valence-corrected chi connectivity index (χ0v) is 12.2. The van der Waals surface area contributed by atoms with Crippen LogP contribution in [0.25, 0.3) is 0 Å². The van der Waals surface area contributed by atoms with Crippen LogP contribution in [0.2, 0.25) is 0 Å². The zero-order valence-electron chi connectivity index (χ0n) is 12.2.